The number of carbonyl (C=O) groups excluding carboxylic acids is 1. The summed E-state index contributed by atoms with van der Waals surface area (Å²) in [5.74, 6) is -0.395. The molecule has 0 unspecified atom stereocenters. The second-order valence-corrected chi connectivity index (χ2v) is 2.52. The van der Waals surface area contributed by atoms with Gasteiger partial charge in [0.2, 0.25) is 0 Å². The van der Waals surface area contributed by atoms with E-state index >= 15 is 0 Å². The average molecular weight is 202 g/mol. The number of phenols is 1. The van der Waals surface area contributed by atoms with Gasteiger partial charge in [-0.25, -0.2) is 4.79 Å². The number of methoxy groups -OCH3 is 1. The number of benzene rings is 1. The zero-order valence-electron chi connectivity index (χ0n) is 9.28. The molecular weight excluding hydrogens is 191 g/mol. The minimum atomic E-state index is -0.495. The topological polar surface area (TPSA) is 46.5 Å². The van der Waals surface area contributed by atoms with Crippen LogP contribution in [0.15, 0.2) is 30.8 Å². The van der Waals surface area contributed by atoms with Crippen LogP contribution < -0.4 is 29.6 Å². The molecule has 0 radical (unpaired) electrons. The molecular formula is C10H11NaO3. The van der Waals surface area contributed by atoms with Gasteiger partial charge in [0.25, 0.3) is 0 Å². The van der Waals surface area contributed by atoms with Crippen LogP contribution in [-0.2, 0) is 9.53 Å². The fourth-order valence-corrected chi connectivity index (χ4v) is 0.935. The van der Waals surface area contributed by atoms with Crippen LogP contribution in [0.3, 0.4) is 0 Å². The van der Waals surface area contributed by atoms with E-state index < -0.39 is 5.97 Å². The number of rotatable bonds is 2. The van der Waals surface area contributed by atoms with Crippen LogP contribution in [0.25, 0.3) is 5.57 Å². The van der Waals surface area contributed by atoms with Crippen LogP contribution in [0.5, 0.6) is 5.75 Å². The zero-order valence-corrected chi connectivity index (χ0v) is 10.3. The van der Waals surface area contributed by atoms with Crippen LogP contribution in [0.4, 0.5) is 0 Å². The predicted octanol–water partition coefficient (Wildman–Crippen LogP) is -1.31. The summed E-state index contributed by atoms with van der Waals surface area (Å²) in [4.78, 5) is 11.0. The molecule has 70 valence electrons. The van der Waals surface area contributed by atoms with Crippen molar-refractivity contribution in [3.8, 4) is 5.75 Å². The van der Waals surface area contributed by atoms with Crippen molar-refractivity contribution in [1.29, 1.82) is 0 Å². The van der Waals surface area contributed by atoms with Gasteiger partial charge < -0.3 is 11.3 Å². The van der Waals surface area contributed by atoms with Crippen molar-refractivity contribution < 1.29 is 45.6 Å². The van der Waals surface area contributed by atoms with Gasteiger partial charge in [0.15, 0.2) is 0 Å². The molecule has 0 spiro atoms. The quantitative estimate of drug-likeness (QED) is 0.368. The molecule has 4 heteroatoms. The first-order valence-corrected chi connectivity index (χ1v) is 3.72. The first kappa shape index (κ1) is 13.2. The van der Waals surface area contributed by atoms with E-state index in [1.54, 1.807) is 12.1 Å². The third-order valence-corrected chi connectivity index (χ3v) is 1.63. The van der Waals surface area contributed by atoms with E-state index in [1.165, 1.54) is 19.2 Å². The molecule has 0 aliphatic rings. The summed E-state index contributed by atoms with van der Waals surface area (Å²) in [6.45, 7) is 3.55. The van der Waals surface area contributed by atoms with Crippen LogP contribution >= 0.6 is 0 Å². The minimum absolute atomic E-state index is 0. The number of esters is 1. The fraction of sp³-hybridized carbons (Fsp3) is 0.100. The summed E-state index contributed by atoms with van der Waals surface area (Å²) < 4.78 is 4.49. The molecule has 3 nitrogen and oxygen atoms in total. The van der Waals surface area contributed by atoms with Crippen LogP contribution in [0, 0.1) is 0 Å². The van der Waals surface area contributed by atoms with Crippen molar-refractivity contribution in [2.45, 2.75) is 0 Å². The van der Waals surface area contributed by atoms with E-state index in [9.17, 15) is 4.79 Å². The molecule has 0 fully saturated rings. The maximum absolute atomic E-state index is 11.0. The summed E-state index contributed by atoms with van der Waals surface area (Å²) in [5.41, 5.74) is 0.797. The minimum Gasteiger partial charge on any atom is -1.00 e. The average Bonchev–Trinajstić information content (AvgIpc) is 2.15. The van der Waals surface area contributed by atoms with Gasteiger partial charge in [-0.15, -0.1) is 0 Å². The third kappa shape index (κ3) is 3.18. The number of aromatic hydroxyl groups is 1. The number of phenolic OH excluding ortho intramolecular Hbond substituents is 1. The van der Waals surface area contributed by atoms with Crippen LogP contribution in [0.1, 0.15) is 6.99 Å². The largest absolute Gasteiger partial charge is 1.00 e. The number of ether oxygens (including phenoxy) is 1. The fourth-order valence-electron chi connectivity index (χ4n) is 0.935. The number of hydrogen-bond acceptors (Lipinski definition) is 3. The van der Waals surface area contributed by atoms with E-state index in [2.05, 4.69) is 11.3 Å². The second kappa shape index (κ2) is 5.86. The van der Waals surface area contributed by atoms with Gasteiger partial charge >= 0.3 is 35.5 Å². The van der Waals surface area contributed by atoms with Gasteiger partial charge in [-0.1, -0.05) is 18.7 Å². The van der Waals surface area contributed by atoms with Crippen molar-refractivity contribution in [2.75, 3.05) is 7.11 Å². The van der Waals surface area contributed by atoms with Gasteiger partial charge in [0, 0.05) is 0 Å². The predicted molar refractivity (Wildman–Crippen MR) is 50.3 cm³/mol. The molecule has 0 aliphatic carbocycles. The van der Waals surface area contributed by atoms with Crippen LogP contribution in [0.2, 0.25) is 0 Å². The molecule has 0 aromatic heterocycles. The summed E-state index contributed by atoms with van der Waals surface area (Å²) in [6.07, 6.45) is 0. The first-order valence-electron chi connectivity index (χ1n) is 3.72. The SMILES string of the molecule is C=C(C(=O)OC)c1cccc(O)c1.[H-].[Na+]. The van der Waals surface area contributed by atoms with Gasteiger partial charge in [-0.3, -0.25) is 0 Å². The Morgan fingerprint density at radius 1 is 1.57 bits per heavy atom. The monoisotopic (exact) mass is 202 g/mol. The van der Waals surface area contributed by atoms with E-state index in [0.29, 0.717) is 5.56 Å². The summed E-state index contributed by atoms with van der Waals surface area (Å²) in [5, 5.41) is 9.12. The Morgan fingerprint density at radius 3 is 2.71 bits per heavy atom. The van der Waals surface area contributed by atoms with Gasteiger partial charge in [-0.05, 0) is 17.7 Å². The van der Waals surface area contributed by atoms with Crippen molar-refractivity contribution in [2.24, 2.45) is 0 Å². The smallest absolute Gasteiger partial charge is 1.00 e. The molecule has 0 heterocycles. The Hall–Kier alpha value is -0.770. The van der Waals surface area contributed by atoms with E-state index in [1.807, 2.05) is 0 Å². The molecule has 1 N–H and O–H groups in total. The Labute approximate surface area is 106 Å². The molecule has 0 saturated carbocycles. The number of carbonyl (C=O) groups is 1. The summed E-state index contributed by atoms with van der Waals surface area (Å²) >= 11 is 0. The summed E-state index contributed by atoms with van der Waals surface area (Å²) in [7, 11) is 1.29. The molecule has 0 atom stereocenters. The van der Waals surface area contributed by atoms with Gasteiger partial charge in [-0.2, -0.15) is 0 Å². The molecule has 0 saturated heterocycles. The molecule has 1 aromatic rings. The van der Waals surface area contributed by atoms with Crippen molar-refractivity contribution in [1.82, 2.24) is 0 Å². The Bertz CT molecular complexity index is 352. The van der Waals surface area contributed by atoms with Crippen molar-refractivity contribution in [3.63, 3.8) is 0 Å². The van der Waals surface area contributed by atoms with Crippen molar-refractivity contribution in [3.05, 3.63) is 36.4 Å². The Balaban J connectivity index is 0. The normalized spacial score (nSPS) is 8.64. The molecule has 14 heavy (non-hydrogen) atoms. The number of hydrogen-bond donors (Lipinski definition) is 1. The van der Waals surface area contributed by atoms with Gasteiger partial charge in [0.1, 0.15) is 5.75 Å². The zero-order chi connectivity index (χ0) is 9.84. The maximum atomic E-state index is 11.0. The standard InChI is InChI=1S/C10H10O3.Na.H/c1-7(10(12)13-2)8-4-3-5-9(11)6-8;;/h3-6,11H,1H2,2H3;;/q;+1;-1. The molecule has 0 aliphatic heterocycles. The second-order valence-electron chi connectivity index (χ2n) is 2.52. The first-order chi connectivity index (χ1) is 6.15. The Kier molecular flexibility index (Phi) is 5.53. The molecule has 0 bridgehead atoms. The van der Waals surface area contributed by atoms with Crippen molar-refractivity contribution >= 4 is 11.5 Å². The maximum Gasteiger partial charge on any atom is 1.00 e. The third-order valence-electron chi connectivity index (χ3n) is 1.63. The van der Waals surface area contributed by atoms with Crippen LogP contribution in [-0.4, -0.2) is 18.2 Å². The van der Waals surface area contributed by atoms with E-state index in [4.69, 9.17) is 5.11 Å². The molecule has 1 aromatic carbocycles. The Morgan fingerprint density at radius 2 is 2.21 bits per heavy atom. The van der Waals surface area contributed by atoms with Gasteiger partial charge in [0.05, 0.1) is 12.7 Å². The molecule has 1 rings (SSSR count). The molecule has 0 amide bonds. The summed E-state index contributed by atoms with van der Waals surface area (Å²) in [6, 6.07) is 6.30. The van der Waals surface area contributed by atoms with E-state index in [-0.39, 0.29) is 42.3 Å². The van der Waals surface area contributed by atoms with E-state index in [0.717, 1.165) is 0 Å².